The highest BCUT2D eigenvalue weighted by Crippen LogP contribution is 2.31. The quantitative estimate of drug-likeness (QED) is 0.475. The van der Waals surface area contributed by atoms with Crippen LogP contribution in [0.15, 0.2) is 47.4 Å². The van der Waals surface area contributed by atoms with E-state index in [4.69, 9.17) is 4.74 Å². The number of esters is 1. The second-order valence-corrected chi connectivity index (χ2v) is 10.7. The summed E-state index contributed by atoms with van der Waals surface area (Å²) in [5.41, 5.74) is 1.21. The summed E-state index contributed by atoms with van der Waals surface area (Å²) in [5, 5.41) is 0. The molecule has 1 aliphatic heterocycles. The Balaban J connectivity index is 1.48. The molecule has 2 aromatic rings. The molecule has 33 heavy (non-hydrogen) atoms. The lowest BCUT2D eigenvalue weighted by atomic mass is 9.94. The van der Waals surface area contributed by atoms with Crippen LogP contribution >= 0.6 is 0 Å². The normalized spacial score (nSPS) is 16.9. The van der Waals surface area contributed by atoms with Crippen molar-refractivity contribution < 1.29 is 27.5 Å². The Labute approximate surface area is 193 Å². The fraction of sp³-hybridized carbons (Fsp3) is 0.375. The molecule has 1 heterocycles. The first-order valence-corrected chi connectivity index (χ1v) is 12.3. The zero-order chi connectivity index (χ0) is 23.8. The first kappa shape index (κ1) is 23.1. The number of carbonyl (C=O) groups is 3. The molecular formula is C24H26N2O6S. The monoisotopic (exact) mass is 470 g/mol. The van der Waals surface area contributed by atoms with Crippen molar-refractivity contribution in [2.24, 2.45) is 0 Å². The van der Waals surface area contributed by atoms with Crippen LogP contribution in [0.2, 0.25) is 0 Å². The Kier molecular flexibility index (Phi) is 6.36. The Morgan fingerprint density at radius 1 is 1.00 bits per heavy atom. The highest BCUT2D eigenvalue weighted by Gasteiger charge is 2.40. The van der Waals surface area contributed by atoms with Crippen molar-refractivity contribution in [2.45, 2.75) is 49.6 Å². The summed E-state index contributed by atoms with van der Waals surface area (Å²) < 4.78 is 31.1. The van der Waals surface area contributed by atoms with E-state index in [0.717, 1.165) is 36.4 Å². The van der Waals surface area contributed by atoms with Gasteiger partial charge in [-0.3, -0.25) is 14.5 Å². The summed E-state index contributed by atoms with van der Waals surface area (Å²) in [4.78, 5) is 39.8. The first-order valence-electron chi connectivity index (χ1n) is 10.9. The van der Waals surface area contributed by atoms with Gasteiger partial charge in [0.1, 0.15) is 6.61 Å². The van der Waals surface area contributed by atoms with E-state index in [9.17, 15) is 22.8 Å². The minimum atomic E-state index is -3.60. The summed E-state index contributed by atoms with van der Waals surface area (Å²) in [6.07, 6.45) is 4.71. The fourth-order valence-corrected chi connectivity index (χ4v) is 5.27. The van der Waals surface area contributed by atoms with E-state index in [2.05, 4.69) is 0 Å². The second kappa shape index (κ2) is 9.07. The Hall–Kier alpha value is -3.04. The van der Waals surface area contributed by atoms with Crippen molar-refractivity contribution >= 4 is 27.8 Å². The van der Waals surface area contributed by atoms with Crippen LogP contribution < -0.4 is 0 Å². The number of rotatable bonds is 6. The number of nitrogens with zero attached hydrogens (tertiary/aromatic N) is 2. The number of hydrogen-bond donors (Lipinski definition) is 0. The van der Waals surface area contributed by atoms with Crippen molar-refractivity contribution in [3.63, 3.8) is 0 Å². The molecule has 0 radical (unpaired) electrons. The van der Waals surface area contributed by atoms with Crippen molar-refractivity contribution in [1.29, 1.82) is 0 Å². The Morgan fingerprint density at radius 2 is 1.70 bits per heavy atom. The third-order valence-corrected chi connectivity index (χ3v) is 7.95. The van der Waals surface area contributed by atoms with Gasteiger partial charge in [-0.2, -0.15) is 0 Å². The average molecular weight is 471 g/mol. The number of carbonyl (C=O) groups excluding carboxylic acids is 3. The van der Waals surface area contributed by atoms with Gasteiger partial charge in [0, 0.05) is 20.1 Å². The standard InChI is InChI=1S/C24H26N2O6S/c1-25(2)33(30,31)19-10-6-7-16(13-19)15-32-24(29)17-11-12-20-21(14-17)23(28)26(22(20)27)18-8-4-3-5-9-18/h6-7,10-14,18H,3-5,8-9,15H2,1-2H3. The minimum Gasteiger partial charge on any atom is -0.457 e. The van der Waals surface area contributed by atoms with Crippen LogP contribution in [0.3, 0.4) is 0 Å². The van der Waals surface area contributed by atoms with E-state index < -0.39 is 16.0 Å². The van der Waals surface area contributed by atoms with Crippen molar-refractivity contribution in [2.75, 3.05) is 14.1 Å². The molecule has 0 saturated heterocycles. The number of ether oxygens (including phenoxy) is 1. The minimum absolute atomic E-state index is 0.0905. The molecule has 9 heteroatoms. The van der Waals surface area contributed by atoms with Crippen LogP contribution in [-0.4, -0.2) is 55.5 Å². The van der Waals surface area contributed by atoms with E-state index in [-0.39, 0.29) is 40.5 Å². The van der Waals surface area contributed by atoms with Crippen LogP contribution in [0.4, 0.5) is 0 Å². The number of sulfonamides is 1. The second-order valence-electron chi connectivity index (χ2n) is 8.54. The average Bonchev–Trinajstić information content (AvgIpc) is 3.07. The summed E-state index contributed by atoms with van der Waals surface area (Å²) in [5.74, 6) is -1.33. The van der Waals surface area contributed by atoms with Gasteiger partial charge >= 0.3 is 5.97 Å². The number of imide groups is 1. The van der Waals surface area contributed by atoms with Crippen molar-refractivity contribution in [3.05, 3.63) is 64.7 Å². The zero-order valence-electron chi connectivity index (χ0n) is 18.6. The van der Waals surface area contributed by atoms with E-state index >= 15 is 0 Å². The van der Waals surface area contributed by atoms with Gasteiger partial charge in [0.15, 0.2) is 0 Å². The molecule has 0 spiro atoms. The lowest BCUT2D eigenvalue weighted by Crippen LogP contribution is -2.40. The van der Waals surface area contributed by atoms with E-state index in [0.29, 0.717) is 11.1 Å². The molecule has 0 aromatic heterocycles. The topological polar surface area (TPSA) is 101 Å². The lowest BCUT2D eigenvalue weighted by Gasteiger charge is -2.29. The van der Waals surface area contributed by atoms with Gasteiger partial charge in [0.2, 0.25) is 10.0 Å². The number of hydrogen-bond acceptors (Lipinski definition) is 6. The van der Waals surface area contributed by atoms with Gasteiger partial charge in [0.25, 0.3) is 11.8 Å². The maximum absolute atomic E-state index is 12.9. The maximum atomic E-state index is 12.9. The molecular weight excluding hydrogens is 444 g/mol. The Morgan fingerprint density at radius 3 is 2.39 bits per heavy atom. The SMILES string of the molecule is CN(C)S(=O)(=O)c1cccc(COC(=O)c2ccc3c(c2)C(=O)N(C2CCCCC2)C3=O)c1. The molecule has 0 unspecified atom stereocenters. The van der Waals surface area contributed by atoms with Crippen LogP contribution in [0.5, 0.6) is 0 Å². The van der Waals surface area contributed by atoms with Gasteiger partial charge in [-0.25, -0.2) is 17.5 Å². The fourth-order valence-electron chi connectivity index (χ4n) is 4.30. The highest BCUT2D eigenvalue weighted by atomic mass is 32.2. The van der Waals surface area contributed by atoms with Crippen molar-refractivity contribution in [1.82, 2.24) is 9.21 Å². The van der Waals surface area contributed by atoms with Gasteiger partial charge in [-0.1, -0.05) is 31.4 Å². The van der Waals surface area contributed by atoms with Gasteiger partial charge < -0.3 is 4.74 Å². The molecule has 8 nitrogen and oxygen atoms in total. The molecule has 0 bridgehead atoms. The molecule has 0 atom stereocenters. The van der Waals surface area contributed by atoms with E-state index in [1.807, 2.05) is 0 Å². The molecule has 1 fully saturated rings. The lowest BCUT2D eigenvalue weighted by molar-refractivity contribution is 0.0471. The first-order chi connectivity index (χ1) is 15.7. The summed E-state index contributed by atoms with van der Waals surface area (Å²) in [6.45, 7) is -0.131. The predicted octanol–water partition coefficient (Wildman–Crippen LogP) is 3.22. The summed E-state index contributed by atoms with van der Waals surface area (Å²) >= 11 is 0. The molecule has 174 valence electrons. The molecule has 0 N–H and O–H groups in total. The predicted molar refractivity (Wildman–Crippen MR) is 120 cm³/mol. The summed E-state index contributed by atoms with van der Waals surface area (Å²) in [6, 6.07) is 10.5. The number of amides is 2. The van der Waals surface area contributed by atoms with Gasteiger partial charge in [-0.15, -0.1) is 0 Å². The molecule has 2 aliphatic rings. The molecule has 1 aliphatic carbocycles. The van der Waals surface area contributed by atoms with Crippen molar-refractivity contribution in [3.8, 4) is 0 Å². The van der Waals surface area contributed by atoms with Gasteiger partial charge in [0.05, 0.1) is 21.6 Å². The molecule has 2 aromatic carbocycles. The van der Waals surface area contributed by atoms with Crippen LogP contribution in [0.1, 0.15) is 68.7 Å². The molecule has 4 rings (SSSR count). The van der Waals surface area contributed by atoms with Crippen LogP contribution in [0.25, 0.3) is 0 Å². The van der Waals surface area contributed by atoms with Gasteiger partial charge in [-0.05, 0) is 48.7 Å². The zero-order valence-corrected chi connectivity index (χ0v) is 19.4. The van der Waals surface area contributed by atoms with E-state index in [1.165, 1.54) is 49.3 Å². The smallest absolute Gasteiger partial charge is 0.338 e. The molecule has 1 saturated carbocycles. The van der Waals surface area contributed by atoms with E-state index in [1.54, 1.807) is 12.1 Å². The Bertz CT molecular complexity index is 1220. The highest BCUT2D eigenvalue weighted by molar-refractivity contribution is 7.89. The largest absolute Gasteiger partial charge is 0.457 e. The van der Waals surface area contributed by atoms with Crippen LogP contribution in [0, 0.1) is 0 Å². The number of fused-ring (bicyclic) bond motifs is 1. The summed E-state index contributed by atoms with van der Waals surface area (Å²) in [7, 11) is -0.721. The third-order valence-electron chi connectivity index (χ3n) is 6.14. The third kappa shape index (κ3) is 4.43. The molecule has 2 amide bonds. The number of benzene rings is 2. The van der Waals surface area contributed by atoms with Crippen LogP contribution in [-0.2, 0) is 21.4 Å². The maximum Gasteiger partial charge on any atom is 0.338 e.